The van der Waals surface area contributed by atoms with Crippen molar-refractivity contribution in [2.24, 2.45) is 0 Å². The number of aromatic hydroxyl groups is 1. The Morgan fingerprint density at radius 1 is 1.05 bits per heavy atom. The summed E-state index contributed by atoms with van der Waals surface area (Å²) in [6.45, 7) is 2.84. The first-order valence-electron chi connectivity index (χ1n) is 7.13. The van der Waals surface area contributed by atoms with Crippen LogP contribution in [0.25, 0.3) is 10.8 Å². The minimum atomic E-state index is 0.303. The number of halogens is 1. The van der Waals surface area contributed by atoms with E-state index in [2.05, 4.69) is 22.9 Å². The molecule has 0 radical (unpaired) electrons. The molecule has 0 bridgehead atoms. The zero-order chi connectivity index (χ0) is 14.4. The number of aryl methyl sites for hydroxylation is 1. The van der Waals surface area contributed by atoms with Gasteiger partial charge in [0.15, 0.2) is 0 Å². The molecular weight excluding hydrogens is 316 g/mol. The number of phenols is 1. The number of ether oxygens (including phenoxy) is 1. The van der Waals surface area contributed by atoms with E-state index < -0.39 is 0 Å². The Bertz CT molecular complexity index is 566. The van der Waals surface area contributed by atoms with Gasteiger partial charge in [-0.3, -0.25) is 0 Å². The van der Waals surface area contributed by atoms with Gasteiger partial charge in [-0.05, 0) is 54.3 Å². The van der Waals surface area contributed by atoms with Crippen LogP contribution in [0.15, 0.2) is 30.3 Å². The van der Waals surface area contributed by atoms with Crippen LogP contribution in [0.2, 0.25) is 0 Å². The average Bonchev–Trinajstić information content (AvgIpc) is 2.44. The van der Waals surface area contributed by atoms with Crippen LogP contribution in [0, 0.1) is 6.92 Å². The summed E-state index contributed by atoms with van der Waals surface area (Å²) in [7, 11) is 0. The number of fused-ring (bicyclic) bond motifs is 1. The Balaban J connectivity index is 1.97. The summed E-state index contributed by atoms with van der Waals surface area (Å²) in [5.74, 6) is 1.25. The lowest BCUT2D eigenvalue weighted by Gasteiger charge is -2.11. The highest BCUT2D eigenvalue weighted by Gasteiger charge is 2.05. The highest BCUT2D eigenvalue weighted by atomic mass is 79.9. The van der Waals surface area contributed by atoms with Crippen molar-refractivity contribution in [1.29, 1.82) is 0 Å². The zero-order valence-electron chi connectivity index (χ0n) is 11.9. The lowest BCUT2D eigenvalue weighted by molar-refractivity contribution is 0.303. The second-order valence-electron chi connectivity index (χ2n) is 5.05. The molecule has 2 aromatic rings. The van der Waals surface area contributed by atoms with Crippen molar-refractivity contribution in [3.8, 4) is 11.5 Å². The SMILES string of the molecule is Cc1c(OCCCCCCBr)ccc2cc(O)ccc12. The summed E-state index contributed by atoms with van der Waals surface area (Å²) < 4.78 is 5.88. The van der Waals surface area contributed by atoms with E-state index in [1.165, 1.54) is 19.3 Å². The molecule has 0 heterocycles. The molecular formula is C17H21BrO2. The molecule has 0 aliphatic rings. The third kappa shape index (κ3) is 3.89. The molecule has 0 saturated heterocycles. The summed E-state index contributed by atoms with van der Waals surface area (Å²) >= 11 is 3.44. The zero-order valence-corrected chi connectivity index (χ0v) is 13.4. The van der Waals surface area contributed by atoms with Crippen LogP contribution < -0.4 is 4.74 Å². The normalized spacial score (nSPS) is 10.9. The van der Waals surface area contributed by atoms with E-state index in [0.717, 1.165) is 40.4 Å². The van der Waals surface area contributed by atoms with E-state index >= 15 is 0 Å². The van der Waals surface area contributed by atoms with Crippen molar-refractivity contribution in [3.63, 3.8) is 0 Å². The first-order chi connectivity index (χ1) is 9.72. The van der Waals surface area contributed by atoms with Gasteiger partial charge in [0.1, 0.15) is 11.5 Å². The van der Waals surface area contributed by atoms with Gasteiger partial charge in [0.25, 0.3) is 0 Å². The molecule has 0 fully saturated rings. The molecule has 0 atom stereocenters. The highest BCUT2D eigenvalue weighted by Crippen LogP contribution is 2.29. The summed E-state index contributed by atoms with van der Waals surface area (Å²) in [6, 6.07) is 9.45. The van der Waals surface area contributed by atoms with Crippen LogP contribution in [0.4, 0.5) is 0 Å². The van der Waals surface area contributed by atoms with Crippen molar-refractivity contribution in [2.45, 2.75) is 32.6 Å². The van der Waals surface area contributed by atoms with Crippen molar-refractivity contribution in [3.05, 3.63) is 35.9 Å². The summed E-state index contributed by atoms with van der Waals surface area (Å²) in [5.41, 5.74) is 1.14. The van der Waals surface area contributed by atoms with E-state index in [0.29, 0.717) is 5.75 Å². The Hall–Kier alpha value is -1.22. The first kappa shape index (κ1) is 15.2. The van der Waals surface area contributed by atoms with Gasteiger partial charge in [0.05, 0.1) is 6.61 Å². The largest absolute Gasteiger partial charge is 0.508 e. The standard InChI is InChI=1S/C17H21BrO2/c1-13-16-8-7-15(19)12-14(16)6-9-17(13)20-11-5-3-2-4-10-18/h6-9,12,19H,2-5,10-11H2,1H3. The quantitative estimate of drug-likeness (QED) is 0.557. The van der Waals surface area contributed by atoms with Crippen molar-refractivity contribution >= 4 is 26.7 Å². The third-order valence-corrected chi connectivity index (χ3v) is 4.07. The van der Waals surface area contributed by atoms with Crippen molar-refractivity contribution in [2.75, 3.05) is 11.9 Å². The van der Waals surface area contributed by atoms with Crippen LogP contribution in [-0.4, -0.2) is 17.0 Å². The number of unbranched alkanes of at least 4 members (excludes halogenated alkanes) is 3. The molecule has 108 valence electrons. The number of hydrogen-bond donors (Lipinski definition) is 1. The van der Waals surface area contributed by atoms with Gasteiger partial charge in [0, 0.05) is 5.33 Å². The molecule has 1 N–H and O–H groups in total. The second-order valence-corrected chi connectivity index (χ2v) is 5.84. The van der Waals surface area contributed by atoms with Gasteiger partial charge in [-0.15, -0.1) is 0 Å². The van der Waals surface area contributed by atoms with Crippen LogP contribution >= 0.6 is 15.9 Å². The fraction of sp³-hybridized carbons (Fsp3) is 0.412. The van der Waals surface area contributed by atoms with E-state index in [-0.39, 0.29) is 0 Å². The van der Waals surface area contributed by atoms with Crippen molar-refractivity contribution < 1.29 is 9.84 Å². The number of rotatable bonds is 7. The Morgan fingerprint density at radius 3 is 2.65 bits per heavy atom. The lowest BCUT2D eigenvalue weighted by atomic mass is 10.0. The van der Waals surface area contributed by atoms with Gasteiger partial charge in [0.2, 0.25) is 0 Å². The molecule has 2 aromatic carbocycles. The van der Waals surface area contributed by atoms with Gasteiger partial charge in [-0.1, -0.05) is 40.9 Å². The minimum absolute atomic E-state index is 0.303. The summed E-state index contributed by atoms with van der Waals surface area (Å²) in [6.07, 6.45) is 4.80. The molecule has 0 aliphatic carbocycles. The topological polar surface area (TPSA) is 29.5 Å². The first-order valence-corrected chi connectivity index (χ1v) is 8.25. The predicted octanol–water partition coefficient (Wildman–Crippen LogP) is 5.19. The monoisotopic (exact) mass is 336 g/mol. The molecule has 0 aliphatic heterocycles. The molecule has 0 spiro atoms. The number of benzene rings is 2. The van der Waals surface area contributed by atoms with Gasteiger partial charge in [-0.2, -0.15) is 0 Å². The smallest absolute Gasteiger partial charge is 0.122 e. The van der Waals surface area contributed by atoms with E-state index in [9.17, 15) is 5.11 Å². The Labute approximate surface area is 128 Å². The maximum absolute atomic E-state index is 9.50. The lowest BCUT2D eigenvalue weighted by Crippen LogP contribution is -1.99. The van der Waals surface area contributed by atoms with Gasteiger partial charge in [-0.25, -0.2) is 0 Å². The molecule has 0 unspecified atom stereocenters. The van der Waals surface area contributed by atoms with Gasteiger partial charge >= 0.3 is 0 Å². The molecule has 2 rings (SSSR count). The summed E-state index contributed by atoms with van der Waals surface area (Å²) in [4.78, 5) is 0. The van der Waals surface area contributed by atoms with E-state index in [1.807, 2.05) is 18.2 Å². The van der Waals surface area contributed by atoms with E-state index in [1.54, 1.807) is 12.1 Å². The number of phenolic OH excluding ortho intramolecular Hbond substituents is 1. The number of hydrogen-bond acceptors (Lipinski definition) is 2. The predicted molar refractivity (Wildman–Crippen MR) is 88.1 cm³/mol. The summed E-state index contributed by atoms with van der Waals surface area (Å²) in [5, 5.41) is 12.8. The molecule has 20 heavy (non-hydrogen) atoms. The van der Waals surface area contributed by atoms with Crippen LogP contribution in [-0.2, 0) is 0 Å². The molecule has 0 amide bonds. The second kappa shape index (κ2) is 7.53. The van der Waals surface area contributed by atoms with Crippen molar-refractivity contribution in [1.82, 2.24) is 0 Å². The maximum Gasteiger partial charge on any atom is 0.122 e. The van der Waals surface area contributed by atoms with Crippen LogP contribution in [0.5, 0.6) is 11.5 Å². The van der Waals surface area contributed by atoms with Crippen LogP contribution in [0.1, 0.15) is 31.2 Å². The third-order valence-electron chi connectivity index (χ3n) is 3.51. The van der Waals surface area contributed by atoms with Gasteiger partial charge < -0.3 is 9.84 Å². The minimum Gasteiger partial charge on any atom is -0.508 e. The average molecular weight is 337 g/mol. The fourth-order valence-corrected chi connectivity index (χ4v) is 2.74. The highest BCUT2D eigenvalue weighted by molar-refractivity contribution is 9.09. The molecule has 0 aromatic heterocycles. The van der Waals surface area contributed by atoms with E-state index in [4.69, 9.17) is 4.74 Å². The molecule has 2 nitrogen and oxygen atoms in total. The Morgan fingerprint density at radius 2 is 1.85 bits per heavy atom. The fourth-order valence-electron chi connectivity index (χ4n) is 2.34. The molecule has 3 heteroatoms. The van der Waals surface area contributed by atoms with Crippen LogP contribution in [0.3, 0.4) is 0 Å². The molecule has 0 saturated carbocycles. The number of alkyl halides is 1. The maximum atomic E-state index is 9.50. The Kier molecular flexibility index (Phi) is 5.72.